The van der Waals surface area contributed by atoms with Crippen molar-refractivity contribution in [2.45, 2.75) is 0 Å². The Bertz CT molecular complexity index is 3440. The first-order valence-electron chi connectivity index (χ1n) is 18.6. The fourth-order valence-electron chi connectivity index (χ4n) is 9.21. The van der Waals surface area contributed by atoms with Crippen LogP contribution in [0.5, 0.6) is 0 Å². The lowest BCUT2D eigenvalue weighted by Crippen LogP contribution is -2.11. The van der Waals surface area contributed by atoms with Crippen LogP contribution in [0.4, 0.5) is 17.1 Å². The predicted octanol–water partition coefficient (Wildman–Crippen LogP) is 15.1. The molecule has 0 aliphatic rings. The van der Waals surface area contributed by atoms with Crippen molar-refractivity contribution in [3.63, 3.8) is 0 Å². The van der Waals surface area contributed by atoms with Gasteiger partial charge in [-0.3, -0.25) is 0 Å². The van der Waals surface area contributed by atoms with E-state index < -0.39 is 0 Å². The highest BCUT2D eigenvalue weighted by Gasteiger charge is 2.22. The first-order valence-corrected chi connectivity index (χ1v) is 18.6. The molecule has 0 radical (unpaired) electrons. The highest BCUT2D eigenvalue weighted by molar-refractivity contribution is 6.37. The molecule has 2 nitrogen and oxygen atoms in total. The molecule has 12 rings (SSSR count). The summed E-state index contributed by atoms with van der Waals surface area (Å²) in [5.74, 6) is 0. The molecule has 11 aromatic carbocycles. The van der Waals surface area contributed by atoms with Gasteiger partial charge < -0.3 is 9.32 Å². The molecule has 0 atom stereocenters. The lowest BCUT2D eigenvalue weighted by atomic mass is 9.87. The number of furan rings is 1. The van der Waals surface area contributed by atoms with Gasteiger partial charge in [-0.25, -0.2) is 0 Å². The summed E-state index contributed by atoms with van der Waals surface area (Å²) in [5, 5.41) is 17.5. The van der Waals surface area contributed by atoms with E-state index >= 15 is 0 Å². The summed E-state index contributed by atoms with van der Waals surface area (Å²) in [6.45, 7) is 0. The fourth-order valence-corrected chi connectivity index (χ4v) is 9.21. The van der Waals surface area contributed by atoms with E-state index in [0.29, 0.717) is 0 Å². The van der Waals surface area contributed by atoms with E-state index in [1.165, 1.54) is 75.8 Å². The van der Waals surface area contributed by atoms with Crippen LogP contribution in [-0.2, 0) is 0 Å². The van der Waals surface area contributed by atoms with E-state index in [9.17, 15) is 0 Å². The Kier molecular flexibility index (Phi) is 6.09. The van der Waals surface area contributed by atoms with Gasteiger partial charge in [-0.2, -0.15) is 0 Å². The maximum Gasteiger partial charge on any atom is 0.135 e. The molecule has 2 heteroatoms. The zero-order valence-corrected chi connectivity index (χ0v) is 29.3. The lowest BCUT2D eigenvalue weighted by Gasteiger charge is -2.29. The number of nitrogens with zero attached hydrogens (tertiary/aromatic N) is 1. The molecule has 1 aromatic heterocycles. The first kappa shape index (κ1) is 29.4. The normalized spacial score (nSPS) is 12.1. The van der Waals surface area contributed by atoms with E-state index in [0.717, 1.165) is 39.0 Å². The van der Waals surface area contributed by atoms with Gasteiger partial charge in [0.05, 0.1) is 5.69 Å². The quantitative estimate of drug-likeness (QED) is 0.172. The lowest BCUT2D eigenvalue weighted by molar-refractivity contribution is 0.669. The Morgan fingerprint density at radius 3 is 1.57 bits per heavy atom. The van der Waals surface area contributed by atoms with Gasteiger partial charge in [0.2, 0.25) is 0 Å². The van der Waals surface area contributed by atoms with Gasteiger partial charge >= 0.3 is 0 Å². The van der Waals surface area contributed by atoms with Crippen molar-refractivity contribution < 1.29 is 4.42 Å². The molecule has 0 saturated carbocycles. The van der Waals surface area contributed by atoms with Gasteiger partial charge in [-0.15, -0.1) is 0 Å². The molecule has 250 valence electrons. The average molecular weight is 686 g/mol. The molecule has 0 amide bonds. The van der Waals surface area contributed by atoms with E-state index in [1.54, 1.807) is 0 Å². The monoisotopic (exact) mass is 685 g/mol. The zero-order valence-electron chi connectivity index (χ0n) is 29.3. The van der Waals surface area contributed by atoms with Crippen LogP contribution in [0.1, 0.15) is 0 Å². The van der Waals surface area contributed by atoms with Gasteiger partial charge in [-0.05, 0) is 113 Å². The number of para-hydroxylation sites is 2. The molecular formula is C52H31NO. The van der Waals surface area contributed by atoms with Crippen molar-refractivity contribution in [2.75, 3.05) is 4.90 Å². The van der Waals surface area contributed by atoms with E-state index in [4.69, 9.17) is 4.42 Å². The Morgan fingerprint density at radius 2 is 0.852 bits per heavy atom. The van der Waals surface area contributed by atoms with Gasteiger partial charge in [0, 0.05) is 27.7 Å². The van der Waals surface area contributed by atoms with Gasteiger partial charge in [0.25, 0.3) is 0 Å². The predicted molar refractivity (Wildman–Crippen MR) is 230 cm³/mol. The molecule has 12 aromatic rings. The minimum atomic E-state index is 0.884. The topological polar surface area (TPSA) is 16.4 Å². The van der Waals surface area contributed by atoms with Crippen LogP contribution in [0.25, 0.3) is 97.7 Å². The van der Waals surface area contributed by atoms with E-state index in [2.05, 4.69) is 187 Å². The summed E-state index contributed by atoms with van der Waals surface area (Å²) in [5.41, 5.74) is 7.40. The van der Waals surface area contributed by atoms with E-state index in [-0.39, 0.29) is 0 Å². The molecule has 0 bridgehead atoms. The van der Waals surface area contributed by atoms with Gasteiger partial charge in [0.15, 0.2) is 0 Å². The minimum Gasteiger partial charge on any atom is -0.456 e. The summed E-state index contributed by atoms with van der Waals surface area (Å²) < 4.78 is 6.33. The molecule has 1 heterocycles. The Morgan fingerprint density at radius 1 is 0.315 bits per heavy atom. The van der Waals surface area contributed by atoms with Gasteiger partial charge in [0.1, 0.15) is 11.2 Å². The molecule has 0 fully saturated rings. The maximum atomic E-state index is 6.33. The summed E-state index contributed by atoms with van der Waals surface area (Å²) in [6, 6.07) is 68.9. The third-order valence-electron chi connectivity index (χ3n) is 11.5. The number of anilines is 3. The second kappa shape index (κ2) is 11.2. The smallest absolute Gasteiger partial charge is 0.135 e. The van der Waals surface area contributed by atoms with Crippen LogP contribution >= 0.6 is 0 Å². The van der Waals surface area contributed by atoms with Crippen LogP contribution in [0.2, 0.25) is 0 Å². The van der Waals surface area contributed by atoms with Crippen LogP contribution < -0.4 is 4.90 Å². The van der Waals surface area contributed by atoms with Crippen LogP contribution in [0.15, 0.2) is 192 Å². The molecule has 0 saturated heterocycles. The minimum absolute atomic E-state index is 0.884. The maximum absolute atomic E-state index is 6.33. The molecule has 0 spiro atoms. The van der Waals surface area contributed by atoms with Crippen molar-refractivity contribution in [1.29, 1.82) is 0 Å². The molecule has 0 aliphatic carbocycles. The largest absolute Gasteiger partial charge is 0.456 e. The number of fused-ring (bicyclic) bond motifs is 5. The van der Waals surface area contributed by atoms with Crippen molar-refractivity contribution in [1.82, 2.24) is 0 Å². The van der Waals surface area contributed by atoms with E-state index in [1.807, 2.05) is 6.07 Å². The second-order valence-electron chi connectivity index (χ2n) is 14.4. The third kappa shape index (κ3) is 4.17. The molecule has 0 unspecified atom stereocenters. The Labute approximate surface area is 311 Å². The first-order chi connectivity index (χ1) is 26.8. The number of rotatable bonds is 4. The Balaban J connectivity index is 1.26. The highest BCUT2D eigenvalue weighted by Crippen LogP contribution is 2.48. The van der Waals surface area contributed by atoms with Crippen LogP contribution in [0.3, 0.4) is 0 Å². The number of benzene rings is 10. The molecule has 0 aliphatic heterocycles. The SMILES string of the molecule is c1ccc(-c2ccccc2N(c2ccc3oc4ccccc4c3c2)c2cc3ccc4cccc5c6cccc7ccc8cccc(c(c2)c3c45)c8c76)cc1. The third-order valence-corrected chi connectivity index (χ3v) is 11.5. The standard InChI is InChI=1S/C52H31NO/c1-2-11-32(12-3-1)39-16-4-6-21-46(39)53(37-27-28-48-44(30-37)40-17-5-7-22-47(40)54-48)38-29-36-26-25-35-14-9-19-42-41-18-8-13-33-23-24-34-15-10-20-43(51(34)49(33)41)45(31-38)52(36)50(35)42/h1-31H. The van der Waals surface area contributed by atoms with Crippen molar-refractivity contribution in [3.8, 4) is 11.1 Å². The molecule has 54 heavy (non-hydrogen) atoms. The Hall–Kier alpha value is -7.16. The van der Waals surface area contributed by atoms with Crippen LogP contribution in [0, 0.1) is 0 Å². The second-order valence-corrected chi connectivity index (χ2v) is 14.4. The number of hydrogen-bond acceptors (Lipinski definition) is 2. The summed E-state index contributed by atoms with van der Waals surface area (Å²) >= 11 is 0. The summed E-state index contributed by atoms with van der Waals surface area (Å²) in [6.07, 6.45) is 0. The van der Waals surface area contributed by atoms with Crippen molar-refractivity contribution in [3.05, 3.63) is 188 Å². The fraction of sp³-hybridized carbons (Fsp3) is 0. The van der Waals surface area contributed by atoms with Crippen molar-refractivity contribution >= 4 is 104 Å². The average Bonchev–Trinajstić information content (AvgIpc) is 3.61. The highest BCUT2D eigenvalue weighted by atomic mass is 16.3. The molecular weight excluding hydrogens is 655 g/mol. The summed E-state index contributed by atoms with van der Waals surface area (Å²) in [4.78, 5) is 2.45. The number of hydrogen-bond donors (Lipinski definition) is 0. The van der Waals surface area contributed by atoms with Crippen LogP contribution in [-0.4, -0.2) is 0 Å². The summed E-state index contributed by atoms with van der Waals surface area (Å²) in [7, 11) is 0. The van der Waals surface area contributed by atoms with Crippen molar-refractivity contribution in [2.24, 2.45) is 0 Å². The zero-order chi connectivity index (χ0) is 35.3. The molecule has 0 N–H and O–H groups in total. The van der Waals surface area contributed by atoms with Gasteiger partial charge in [-0.1, -0.05) is 146 Å².